The molecule has 0 aliphatic carbocycles. The number of anilines is 1. The monoisotopic (exact) mass is 552 g/mol. The van der Waals surface area contributed by atoms with Crippen LogP contribution in [0.5, 0.6) is 0 Å². The Hall–Kier alpha value is -4.34. The summed E-state index contributed by atoms with van der Waals surface area (Å²) in [6, 6.07) is 22.5. The van der Waals surface area contributed by atoms with E-state index in [1.165, 1.54) is 11.3 Å². The lowest BCUT2D eigenvalue weighted by atomic mass is 10.1. The summed E-state index contributed by atoms with van der Waals surface area (Å²) in [5.41, 5.74) is 5.24. The van der Waals surface area contributed by atoms with Crippen LogP contribution in [-0.4, -0.2) is 67.5 Å². The molecular weight excluding hydrogens is 524 g/mol. The first-order valence-electron chi connectivity index (χ1n) is 13.2. The molecule has 4 heterocycles. The number of fused-ring (bicyclic) bond motifs is 3. The number of para-hydroxylation sites is 1. The molecule has 9 heteroatoms. The molecule has 2 aromatic heterocycles. The average Bonchev–Trinajstić information content (AvgIpc) is 3.38. The van der Waals surface area contributed by atoms with Crippen molar-refractivity contribution in [2.45, 2.75) is 6.42 Å². The quantitative estimate of drug-likeness (QED) is 0.402. The first-order chi connectivity index (χ1) is 19.5. The maximum absolute atomic E-state index is 13.9. The van der Waals surface area contributed by atoms with Crippen molar-refractivity contribution >= 4 is 34.7 Å². The number of benzene rings is 2. The van der Waals surface area contributed by atoms with Crippen molar-refractivity contribution in [3.05, 3.63) is 94.5 Å². The molecule has 2 aliphatic heterocycles. The molecule has 3 amide bonds. The molecule has 0 spiro atoms. The Bertz CT molecular complexity index is 1590. The Labute approximate surface area is 236 Å². The number of rotatable bonds is 4. The highest BCUT2D eigenvalue weighted by molar-refractivity contribution is 7.17. The summed E-state index contributed by atoms with van der Waals surface area (Å²) in [6.45, 7) is 2.77. The van der Waals surface area contributed by atoms with E-state index in [1.54, 1.807) is 35.0 Å². The Balaban J connectivity index is 1.26. The summed E-state index contributed by atoms with van der Waals surface area (Å²) < 4.78 is 5.35. The van der Waals surface area contributed by atoms with Crippen LogP contribution in [0.15, 0.2) is 72.8 Å². The fraction of sp³-hybridized carbons (Fsp3) is 0.226. The summed E-state index contributed by atoms with van der Waals surface area (Å²) in [5.74, 6) is -0.305. The third kappa shape index (κ3) is 4.89. The molecule has 8 nitrogen and oxygen atoms in total. The molecule has 202 valence electrons. The second-order valence-electron chi connectivity index (χ2n) is 9.66. The van der Waals surface area contributed by atoms with Gasteiger partial charge in [0.1, 0.15) is 5.69 Å². The lowest BCUT2D eigenvalue weighted by Gasteiger charge is -2.26. The lowest BCUT2D eigenvalue weighted by Crippen LogP contribution is -2.40. The SMILES string of the molecule is CNC(=O)c1cc2c(s1)-c1ccccc1N(C(=O)c1cccc(-c3ccc(C(=O)N4CCOCC4)cc3)n1)CC2. The molecule has 1 N–H and O–H groups in total. The van der Waals surface area contributed by atoms with Crippen LogP contribution < -0.4 is 10.2 Å². The van der Waals surface area contributed by atoms with Gasteiger partial charge in [-0.05, 0) is 48.4 Å². The Morgan fingerprint density at radius 3 is 2.45 bits per heavy atom. The summed E-state index contributed by atoms with van der Waals surface area (Å²) in [4.78, 5) is 48.9. The zero-order valence-electron chi connectivity index (χ0n) is 22.1. The number of nitrogens with zero attached hydrogens (tertiary/aromatic N) is 3. The Morgan fingerprint density at radius 2 is 1.68 bits per heavy atom. The van der Waals surface area contributed by atoms with Crippen LogP contribution in [0.25, 0.3) is 21.7 Å². The van der Waals surface area contributed by atoms with Crippen molar-refractivity contribution in [3.8, 4) is 21.7 Å². The Morgan fingerprint density at radius 1 is 0.900 bits per heavy atom. The molecule has 2 aliphatic rings. The predicted molar refractivity (Wildman–Crippen MR) is 155 cm³/mol. The lowest BCUT2D eigenvalue weighted by molar-refractivity contribution is 0.0303. The van der Waals surface area contributed by atoms with Crippen molar-refractivity contribution < 1.29 is 19.1 Å². The number of pyridine rings is 1. The van der Waals surface area contributed by atoms with E-state index in [2.05, 4.69) is 5.32 Å². The summed E-state index contributed by atoms with van der Waals surface area (Å²) in [6.07, 6.45) is 0.627. The van der Waals surface area contributed by atoms with Gasteiger partial charge in [-0.1, -0.05) is 36.4 Å². The summed E-state index contributed by atoms with van der Waals surface area (Å²) in [5, 5.41) is 2.70. The van der Waals surface area contributed by atoms with Gasteiger partial charge in [-0.3, -0.25) is 14.4 Å². The van der Waals surface area contributed by atoms with Gasteiger partial charge in [0.05, 0.1) is 29.5 Å². The van der Waals surface area contributed by atoms with Crippen LogP contribution in [0.4, 0.5) is 5.69 Å². The van der Waals surface area contributed by atoms with E-state index >= 15 is 0 Å². The van der Waals surface area contributed by atoms with Crippen LogP contribution in [-0.2, 0) is 11.2 Å². The van der Waals surface area contributed by atoms with Gasteiger partial charge in [0.15, 0.2) is 0 Å². The van der Waals surface area contributed by atoms with Crippen LogP contribution >= 0.6 is 11.3 Å². The standard InChI is InChI=1S/C31H28N4O4S/c1-32-29(36)27-19-22-13-14-35(26-8-3-2-5-23(26)28(22)40-27)31(38)25-7-4-6-24(33-25)20-9-11-21(12-10-20)30(37)34-15-17-39-18-16-34/h2-12,19H,13-18H2,1H3,(H,32,36). The van der Waals surface area contributed by atoms with Crippen LogP contribution in [0, 0.1) is 0 Å². The number of carbonyl (C=O) groups is 3. The van der Waals surface area contributed by atoms with Gasteiger partial charge >= 0.3 is 0 Å². The van der Waals surface area contributed by atoms with Crippen molar-refractivity contribution in [1.82, 2.24) is 15.2 Å². The second-order valence-corrected chi connectivity index (χ2v) is 10.7. The number of nitrogens with one attached hydrogen (secondary N) is 1. The van der Waals surface area contributed by atoms with Crippen LogP contribution in [0.3, 0.4) is 0 Å². The summed E-state index contributed by atoms with van der Waals surface area (Å²) in [7, 11) is 1.63. The zero-order valence-corrected chi connectivity index (χ0v) is 22.9. The van der Waals surface area contributed by atoms with Crippen LogP contribution in [0.1, 0.15) is 36.1 Å². The van der Waals surface area contributed by atoms with Gasteiger partial charge in [-0.15, -0.1) is 11.3 Å². The minimum Gasteiger partial charge on any atom is -0.378 e. The molecule has 0 atom stereocenters. The van der Waals surface area contributed by atoms with Crippen molar-refractivity contribution in [2.75, 3.05) is 44.8 Å². The van der Waals surface area contributed by atoms with E-state index in [4.69, 9.17) is 9.72 Å². The molecule has 40 heavy (non-hydrogen) atoms. The van der Waals surface area contributed by atoms with E-state index in [9.17, 15) is 14.4 Å². The molecule has 4 aromatic rings. The fourth-order valence-electron chi connectivity index (χ4n) is 5.13. The maximum Gasteiger partial charge on any atom is 0.276 e. The molecule has 1 fully saturated rings. The number of morpholine rings is 1. The first kappa shape index (κ1) is 25.9. The number of carbonyl (C=O) groups excluding carboxylic acids is 3. The highest BCUT2D eigenvalue weighted by atomic mass is 32.1. The average molecular weight is 553 g/mol. The smallest absolute Gasteiger partial charge is 0.276 e. The highest BCUT2D eigenvalue weighted by Crippen LogP contribution is 2.41. The topological polar surface area (TPSA) is 91.8 Å². The summed E-state index contributed by atoms with van der Waals surface area (Å²) >= 11 is 1.45. The molecule has 1 saturated heterocycles. The number of hydrogen-bond acceptors (Lipinski definition) is 6. The largest absolute Gasteiger partial charge is 0.378 e. The van der Waals surface area contributed by atoms with E-state index < -0.39 is 0 Å². The zero-order chi connectivity index (χ0) is 27.6. The predicted octanol–water partition coefficient (Wildman–Crippen LogP) is 4.51. The number of amides is 3. The van der Waals surface area contributed by atoms with Gasteiger partial charge < -0.3 is 19.9 Å². The third-order valence-electron chi connectivity index (χ3n) is 7.24. The number of hydrogen-bond donors (Lipinski definition) is 1. The second kappa shape index (κ2) is 11.0. The molecule has 0 bridgehead atoms. The van der Waals surface area contributed by atoms with E-state index in [1.807, 2.05) is 54.6 Å². The minimum atomic E-state index is -0.185. The molecule has 0 unspecified atom stereocenters. The van der Waals surface area contributed by atoms with Gasteiger partial charge in [0.2, 0.25) is 0 Å². The van der Waals surface area contributed by atoms with Gasteiger partial charge in [-0.25, -0.2) is 4.98 Å². The molecule has 6 rings (SSSR count). The normalized spacial score (nSPS) is 14.6. The van der Waals surface area contributed by atoms with Gasteiger partial charge in [0, 0.05) is 48.2 Å². The van der Waals surface area contributed by atoms with Crippen molar-refractivity contribution in [3.63, 3.8) is 0 Å². The third-order valence-corrected chi connectivity index (χ3v) is 8.45. The number of thiophene rings is 1. The maximum atomic E-state index is 13.9. The van der Waals surface area contributed by atoms with Crippen LogP contribution in [0.2, 0.25) is 0 Å². The highest BCUT2D eigenvalue weighted by Gasteiger charge is 2.28. The van der Waals surface area contributed by atoms with Gasteiger partial charge in [0.25, 0.3) is 17.7 Å². The first-order valence-corrected chi connectivity index (χ1v) is 14.1. The van der Waals surface area contributed by atoms with Crippen molar-refractivity contribution in [2.24, 2.45) is 0 Å². The molecule has 0 saturated carbocycles. The van der Waals surface area contributed by atoms with E-state index in [0.717, 1.165) is 27.3 Å². The number of ether oxygens (including phenoxy) is 1. The molecule has 0 radical (unpaired) electrons. The van der Waals surface area contributed by atoms with Crippen molar-refractivity contribution in [1.29, 1.82) is 0 Å². The van der Waals surface area contributed by atoms with E-state index in [0.29, 0.717) is 61.1 Å². The fourth-order valence-corrected chi connectivity index (χ4v) is 6.32. The van der Waals surface area contributed by atoms with Gasteiger partial charge in [-0.2, -0.15) is 0 Å². The van der Waals surface area contributed by atoms with E-state index in [-0.39, 0.29) is 17.7 Å². The minimum absolute atomic E-state index is 0.0116. The molecular formula is C31H28N4O4S. The Kier molecular flexibility index (Phi) is 7.15. The number of aromatic nitrogens is 1. The molecule has 2 aromatic carbocycles.